The van der Waals surface area contributed by atoms with Crippen LogP contribution in [0.1, 0.15) is 12.1 Å². The molecule has 2 N–H and O–H groups in total. The van der Waals surface area contributed by atoms with Gasteiger partial charge in [0.1, 0.15) is 11.5 Å². The van der Waals surface area contributed by atoms with E-state index in [1.54, 1.807) is 25.3 Å². The first-order valence-electron chi connectivity index (χ1n) is 6.26. The van der Waals surface area contributed by atoms with Gasteiger partial charge in [0, 0.05) is 11.8 Å². The predicted octanol–water partition coefficient (Wildman–Crippen LogP) is 2.13. The van der Waals surface area contributed by atoms with Gasteiger partial charge in [0.05, 0.1) is 20.1 Å². The van der Waals surface area contributed by atoms with Crippen molar-refractivity contribution in [2.24, 2.45) is 0 Å². The van der Waals surface area contributed by atoms with Gasteiger partial charge in [-0.15, -0.1) is 0 Å². The van der Waals surface area contributed by atoms with Gasteiger partial charge in [0.15, 0.2) is 5.82 Å². The molecule has 1 aromatic carbocycles. The normalized spacial score (nSPS) is 10.1. The van der Waals surface area contributed by atoms with E-state index in [0.717, 1.165) is 11.4 Å². The van der Waals surface area contributed by atoms with Crippen LogP contribution in [-0.2, 0) is 4.79 Å². The van der Waals surface area contributed by atoms with Crippen molar-refractivity contribution in [3.8, 4) is 11.5 Å². The molecule has 0 atom stereocenters. The Morgan fingerprint density at radius 3 is 2.60 bits per heavy atom. The molecule has 0 bridgehead atoms. The molecule has 0 saturated heterocycles. The van der Waals surface area contributed by atoms with Crippen molar-refractivity contribution in [3.05, 3.63) is 36.0 Å². The van der Waals surface area contributed by atoms with Gasteiger partial charge in [-0.3, -0.25) is 9.89 Å². The standard InChI is InChI=1S/C14H17N3O3/c1-10-9-13(17-16-10)15-14(18)7-8-20-12-5-3-11(19-2)4-6-12/h3-6,9H,7-8H2,1-2H3,(H2,15,16,17,18). The zero-order valence-electron chi connectivity index (χ0n) is 11.5. The third kappa shape index (κ3) is 4.01. The third-order valence-corrected chi connectivity index (χ3v) is 2.63. The highest BCUT2D eigenvalue weighted by molar-refractivity contribution is 5.89. The molecule has 1 aromatic heterocycles. The van der Waals surface area contributed by atoms with Crippen LogP contribution in [0.3, 0.4) is 0 Å². The number of ether oxygens (including phenoxy) is 2. The van der Waals surface area contributed by atoms with Crippen LogP contribution in [0.4, 0.5) is 5.82 Å². The molecule has 1 amide bonds. The molecular weight excluding hydrogens is 258 g/mol. The summed E-state index contributed by atoms with van der Waals surface area (Å²) in [5.41, 5.74) is 0.898. The van der Waals surface area contributed by atoms with E-state index in [2.05, 4.69) is 15.5 Å². The summed E-state index contributed by atoms with van der Waals surface area (Å²) >= 11 is 0. The van der Waals surface area contributed by atoms with E-state index in [0.29, 0.717) is 18.2 Å². The van der Waals surface area contributed by atoms with E-state index in [4.69, 9.17) is 9.47 Å². The van der Waals surface area contributed by atoms with E-state index in [-0.39, 0.29) is 12.3 Å². The van der Waals surface area contributed by atoms with Crippen LogP contribution in [0, 0.1) is 6.92 Å². The first kappa shape index (κ1) is 13.9. The van der Waals surface area contributed by atoms with E-state index in [9.17, 15) is 4.79 Å². The minimum atomic E-state index is -0.134. The minimum Gasteiger partial charge on any atom is -0.497 e. The van der Waals surface area contributed by atoms with Gasteiger partial charge in [-0.1, -0.05) is 0 Å². The summed E-state index contributed by atoms with van der Waals surface area (Å²) in [5, 5.41) is 9.37. The van der Waals surface area contributed by atoms with Crippen LogP contribution < -0.4 is 14.8 Å². The first-order chi connectivity index (χ1) is 9.67. The number of hydrogen-bond acceptors (Lipinski definition) is 4. The van der Waals surface area contributed by atoms with Crippen molar-refractivity contribution in [2.75, 3.05) is 19.0 Å². The highest BCUT2D eigenvalue weighted by Crippen LogP contribution is 2.17. The number of H-pyrrole nitrogens is 1. The van der Waals surface area contributed by atoms with Gasteiger partial charge in [-0.05, 0) is 31.2 Å². The molecule has 0 saturated carbocycles. The predicted molar refractivity (Wildman–Crippen MR) is 75.1 cm³/mol. The van der Waals surface area contributed by atoms with Gasteiger partial charge in [-0.25, -0.2) is 0 Å². The summed E-state index contributed by atoms with van der Waals surface area (Å²) in [6.45, 7) is 2.18. The fourth-order valence-corrected chi connectivity index (χ4v) is 1.62. The minimum absolute atomic E-state index is 0.134. The fraction of sp³-hybridized carbons (Fsp3) is 0.286. The van der Waals surface area contributed by atoms with Crippen LogP contribution in [0.5, 0.6) is 11.5 Å². The summed E-state index contributed by atoms with van der Waals surface area (Å²) in [5.74, 6) is 1.86. The first-order valence-corrected chi connectivity index (χ1v) is 6.26. The smallest absolute Gasteiger partial charge is 0.229 e. The van der Waals surface area contributed by atoms with Crippen molar-refractivity contribution in [1.29, 1.82) is 0 Å². The molecule has 0 fully saturated rings. The van der Waals surface area contributed by atoms with Gasteiger partial charge >= 0.3 is 0 Å². The van der Waals surface area contributed by atoms with Crippen molar-refractivity contribution in [1.82, 2.24) is 10.2 Å². The molecule has 20 heavy (non-hydrogen) atoms. The number of nitrogens with zero attached hydrogens (tertiary/aromatic N) is 1. The number of aromatic amines is 1. The lowest BCUT2D eigenvalue weighted by atomic mass is 10.3. The third-order valence-electron chi connectivity index (χ3n) is 2.63. The second kappa shape index (κ2) is 6.60. The number of carbonyl (C=O) groups is 1. The summed E-state index contributed by atoms with van der Waals surface area (Å²) in [7, 11) is 1.61. The summed E-state index contributed by atoms with van der Waals surface area (Å²) in [6.07, 6.45) is 0.262. The molecule has 6 nitrogen and oxygen atoms in total. The second-order valence-electron chi connectivity index (χ2n) is 4.26. The Labute approximate surface area is 117 Å². The number of hydrogen-bond donors (Lipinski definition) is 2. The van der Waals surface area contributed by atoms with Crippen LogP contribution in [0.2, 0.25) is 0 Å². The summed E-state index contributed by atoms with van der Waals surface area (Å²) < 4.78 is 10.5. The van der Waals surface area contributed by atoms with Crippen LogP contribution in [0.15, 0.2) is 30.3 Å². The molecule has 0 unspecified atom stereocenters. The molecule has 106 valence electrons. The van der Waals surface area contributed by atoms with Crippen LogP contribution in [-0.4, -0.2) is 29.8 Å². The molecule has 1 heterocycles. The number of benzene rings is 1. The van der Waals surface area contributed by atoms with Crippen LogP contribution >= 0.6 is 0 Å². The van der Waals surface area contributed by atoms with Crippen molar-refractivity contribution in [3.63, 3.8) is 0 Å². The Balaban J connectivity index is 1.73. The van der Waals surface area contributed by atoms with Gasteiger partial charge in [0.25, 0.3) is 0 Å². The maximum absolute atomic E-state index is 11.6. The lowest BCUT2D eigenvalue weighted by Gasteiger charge is -2.06. The molecule has 2 rings (SSSR count). The zero-order chi connectivity index (χ0) is 14.4. The average molecular weight is 275 g/mol. The topological polar surface area (TPSA) is 76.2 Å². The summed E-state index contributed by atoms with van der Waals surface area (Å²) in [6, 6.07) is 8.98. The average Bonchev–Trinajstić information content (AvgIpc) is 2.85. The monoisotopic (exact) mass is 275 g/mol. The number of aryl methyl sites for hydroxylation is 1. The largest absolute Gasteiger partial charge is 0.497 e. The Bertz CT molecular complexity index is 563. The lowest BCUT2D eigenvalue weighted by Crippen LogP contribution is -2.15. The Kier molecular flexibility index (Phi) is 4.60. The number of carbonyl (C=O) groups excluding carboxylic acids is 1. The second-order valence-corrected chi connectivity index (χ2v) is 4.26. The number of nitrogens with one attached hydrogen (secondary N) is 2. The lowest BCUT2D eigenvalue weighted by molar-refractivity contribution is -0.116. The zero-order valence-corrected chi connectivity index (χ0v) is 11.5. The van der Waals surface area contributed by atoms with Crippen LogP contribution in [0.25, 0.3) is 0 Å². The molecule has 0 spiro atoms. The van der Waals surface area contributed by atoms with Crippen molar-refractivity contribution in [2.45, 2.75) is 13.3 Å². The number of anilines is 1. The molecule has 0 aliphatic rings. The summed E-state index contributed by atoms with van der Waals surface area (Å²) in [4.78, 5) is 11.6. The van der Waals surface area contributed by atoms with Gasteiger partial charge in [0.2, 0.25) is 5.91 Å². The van der Waals surface area contributed by atoms with E-state index >= 15 is 0 Å². The van der Waals surface area contributed by atoms with Gasteiger partial charge < -0.3 is 14.8 Å². The number of aromatic nitrogens is 2. The van der Waals surface area contributed by atoms with E-state index < -0.39 is 0 Å². The fourth-order valence-electron chi connectivity index (χ4n) is 1.62. The Morgan fingerprint density at radius 1 is 1.30 bits per heavy atom. The van der Waals surface area contributed by atoms with Crippen molar-refractivity contribution >= 4 is 11.7 Å². The highest BCUT2D eigenvalue weighted by atomic mass is 16.5. The Morgan fingerprint density at radius 2 is 2.00 bits per heavy atom. The van der Waals surface area contributed by atoms with E-state index in [1.807, 2.05) is 19.1 Å². The molecule has 2 aromatic rings. The number of amides is 1. The molecule has 0 radical (unpaired) electrons. The highest BCUT2D eigenvalue weighted by Gasteiger charge is 2.05. The Hall–Kier alpha value is -2.50. The SMILES string of the molecule is COc1ccc(OCCC(=O)Nc2cc(C)[nH]n2)cc1. The number of methoxy groups -OCH3 is 1. The molecule has 0 aliphatic heterocycles. The van der Waals surface area contributed by atoms with Gasteiger partial charge in [-0.2, -0.15) is 5.10 Å². The molecular formula is C14H17N3O3. The maximum Gasteiger partial charge on any atom is 0.229 e. The number of rotatable bonds is 6. The quantitative estimate of drug-likeness (QED) is 0.846. The molecule has 6 heteroatoms. The maximum atomic E-state index is 11.6. The molecule has 0 aliphatic carbocycles. The van der Waals surface area contributed by atoms with E-state index in [1.165, 1.54) is 0 Å². The van der Waals surface area contributed by atoms with Crippen molar-refractivity contribution < 1.29 is 14.3 Å².